The number of hydrogen-bond donors (Lipinski definition) is 20. The standard InChI is InChI=1S/C62H97N17O23S4/c1-9-27(4)46-60(99)76-38-23-104-106-25-40(74-50(89)29(6)66-48(87)28(5)67-53(92)34(19-42(63)81)71-49(88)30(7)68-54(38)93)57(96)78-47(31(8)80)59(98)65-21-43(82)69-37(55(94)73-36(62(101)102)18-26(2)3)22-103-105-24-39(56(95)70-33(52(91)77-46)14-15-44(83)84)75-58(97)41-13-11-17-79(41)61(100)35(20-45(85)86)72-51(90)32-12-10-16-64-32/h26-41,46-47,64,80H,9-25H2,1-8H3,(H2,63,81)(H,65,98)(H,66,87)(H,67,92)(H,68,93)(H,69,82)(H,70,95)(H,71,88)(H,72,90)(H,73,94)(H,74,89)(H,75,97)(H,76,99)(H,77,91)(H,78,96)(H,83,84)(H,85,86)(H,101,102)/t27-,28-,29-,30-,31+,32-,33-,34-,35-,36-,37-,38-,39?,40-,41-,46-,47-/m0/s1. The SMILES string of the molecule is CC[C@H](C)[C@@H]1NC(=O)[C@H](CCC(=O)O)NC(=O)C(NC(=O)[C@@H]2CCCN2C(=O)[C@H](CC(=O)O)NC(=O)[C@@H]2CCCN2)CSSC[C@@H](C(=O)N[C@@H](CC(C)C)C(=O)O)NC(=O)CNC(=O)[C@H]([C@@H](C)O)NC(=O)[C@@H]2CSSC[C@H](NC1=O)C(=O)N[C@@H](C)C(=O)N[C@@H](CC(N)=O)C(=O)N[C@@H](C)C(=O)N[C@@H](C)C(=O)N2. The van der Waals surface area contributed by atoms with Crippen LogP contribution in [-0.4, -0.2) is 277 Å². The van der Waals surface area contributed by atoms with Gasteiger partial charge in [0.15, 0.2) is 0 Å². The minimum Gasteiger partial charge on any atom is -0.481 e. The van der Waals surface area contributed by atoms with Crippen molar-refractivity contribution < 1.29 is 112 Å². The maximum Gasteiger partial charge on any atom is 0.326 e. The number of aliphatic hydroxyl groups excluding tert-OH is 1. The molecule has 16 amide bonds. The van der Waals surface area contributed by atoms with E-state index < -0.39 is 270 Å². The molecule has 4 heterocycles. The third-order valence-electron chi connectivity index (χ3n) is 17.0. The van der Waals surface area contributed by atoms with Crippen LogP contribution in [0.5, 0.6) is 0 Å². The second-order valence-corrected chi connectivity index (χ2v) is 31.3. The molecule has 4 fully saturated rings. The molecule has 0 aromatic carbocycles. The number of carbonyl (C=O) groups excluding carboxylic acids is 16. The lowest BCUT2D eigenvalue weighted by Gasteiger charge is -2.30. The van der Waals surface area contributed by atoms with Gasteiger partial charge < -0.3 is 111 Å². The Bertz CT molecular complexity index is 3260. The molecule has 4 rings (SSSR count). The summed E-state index contributed by atoms with van der Waals surface area (Å²) in [5.41, 5.74) is 5.41. The van der Waals surface area contributed by atoms with Gasteiger partial charge in [0.1, 0.15) is 84.6 Å². The fourth-order valence-electron chi connectivity index (χ4n) is 10.9. The van der Waals surface area contributed by atoms with Gasteiger partial charge in [-0.25, -0.2) is 4.79 Å². The van der Waals surface area contributed by atoms with Crippen LogP contribution < -0.4 is 85.5 Å². The normalized spacial score (nSPS) is 27.8. The van der Waals surface area contributed by atoms with E-state index in [4.69, 9.17) is 5.73 Å². The highest BCUT2D eigenvalue weighted by Crippen LogP contribution is 2.27. The van der Waals surface area contributed by atoms with E-state index in [0.29, 0.717) is 19.4 Å². The molecule has 0 aliphatic carbocycles. The highest BCUT2D eigenvalue weighted by molar-refractivity contribution is 8.77. The molecule has 592 valence electrons. The molecule has 1 unspecified atom stereocenters. The summed E-state index contributed by atoms with van der Waals surface area (Å²) in [4.78, 5) is 262. The van der Waals surface area contributed by atoms with Gasteiger partial charge in [0, 0.05) is 36.0 Å². The number of aliphatic hydroxyl groups is 1. The van der Waals surface area contributed by atoms with Crippen LogP contribution in [0, 0.1) is 11.8 Å². The van der Waals surface area contributed by atoms with Crippen LogP contribution in [0.25, 0.3) is 0 Å². The Morgan fingerprint density at radius 3 is 1.65 bits per heavy atom. The summed E-state index contributed by atoms with van der Waals surface area (Å²) in [5.74, 6) is -24.8. The number of primary amides is 1. The monoisotopic (exact) mass is 1580 g/mol. The van der Waals surface area contributed by atoms with Crippen LogP contribution in [0.3, 0.4) is 0 Å². The lowest BCUT2D eigenvalue weighted by molar-refractivity contribution is -0.146. The van der Waals surface area contributed by atoms with E-state index >= 15 is 0 Å². The van der Waals surface area contributed by atoms with Crippen molar-refractivity contribution in [1.29, 1.82) is 0 Å². The van der Waals surface area contributed by atoms with Gasteiger partial charge in [0.05, 0.1) is 31.5 Å². The van der Waals surface area contributed by atoms with Gasteiger partial charge in [-0.1, -0.05) is 77.3 Å². The third-order valence-corrected chi connectivity index (χ3v) is 21.9. The van der Waals surface area contributed by atoms with Crippen molar-refractivity contribution in [3.63, 3.8) is 0 Å². The average molecular weight is 1580 g/mol. The lowest BCUT2D eigenvalue weighted by Crippen LogP contribution is -2.62. The number of aliphatic carboxylic acids is 3. The fourth-order valence-corrected chi connectivity index (χ4v) is 15.5. The van der Waals surface area contributed by atoms with Gasteiger partial charge in [-0.15, -0.1) is 0 Å². The number of amides is 16. The van der Waals surface area contributed by atoms with Crippen LogP contribution in [0.4, 0.5) is 0 Å². The molecule has 0 aromatic heterocycles. The number of hydrogen-bond acceptors (Lipinski definition) is 25. The fraction of sp³-hybridized carbons (Fsp3) is 0.694. The van der Waals surface area contributed by atoms with Gasteiger partial charge in [-0.3, -0.25) is 86.3 Å². The van der Waals surface area contributed by atoms with Crippen molar-refractivity contribution in [2.45, 2.75) is 216 Å². The predicted molar refractivity (Wildman–Crippen MR) is 382 cm³/mol. The summed E-state index contributed by atoms with van der Waals surface area (Å²) in [5, 5.41) is 77.3. The minimum absolute atomic E-state index is 0.0664. The second-order valence-electron chi connectivity index (χ2n) is 26.2. The van der Waals surface area contributed by atoms with Gasteiger partial charge in [0.2, 0.25) is 94.5 Å². The van der Waals surface area contributed by atoms with Gasteiger partial charge in [-0.05, 0) is 84.6 Å². The van der Waals surface area contributed by atoms with Crippen LogP contribution in [-0.2, 0) is 91.1 Å². The van der Waals surface area contributed by atoms with E-state index in [1.807, 2.05) is 0 Å². The van der Waals surface area contributed by atoms with E-state index in [9.17, 15) is 112 Å². The van der Waals surface area contributed by atoms with E-state index in [2.05, 4.69) is 79.8 Å². The smallest absolute Gasteiger partial charge is 0.326 e. The van der Waals surface area contributed by atoms with Crippen molar-refractivity contribution in [3.05, 3.63) is 0 Å². The van der Waals surface area contributed by atoms with Crippen molar-refractivity contribution in [2.75, 3.05) is 42.6 Å². The number of rotatable bonds is 20. The molecule has 40 nitrogen and oxygen atoms in total. The topological polar surface area (TPSA) is 615 Å². The molecule has 0 radical (unpaired) electrons. The highest BCUT2D eigenvalue weighted by Gasteiger charge is 2.43. The first-order valence-corrected chi connectivity index (χ1v) is 39.2. The number of carbonyl (C=O) groups is 19. The van der Waals surface area contributed by atoms with Crippen molar-refractivity contribution in [3.8, 4) is 0 Å². The van der Waals surface area contributed by atoms with Crippen molar-refractivity contribution >= 4 is 156 Å². The van der Waals surface area contributed by atoms with Crippen LogP contribution in [0.15, 0.2) is 0 Å². The average Bonchev–Trinajstić information content (AvgIpc) is 1.65. The van der Waals surface area contributed by atoms with Gasteiger partial charge >= 0.3 is 17.9 Å². The number of likely N-dealkylation sites (tertiary alicyclic amines) is 1. The minimum atomic E-state index is -1.93. The summed E-state index contributed by atoms with van der Waals surface area (Å²) in [6.07, 6.45) is -3.91. The zero-order chi connectivity index (χ0) is 79.4. The van der Waals surface area contributed by atoms with Gasteiger partial charge in [0.25, 0.3) is 0 Å². The summed E-state index contributed by atoms with van der Waals surface area (Å²) in [6, 6.07) is -24.2. The first-order chi connectivity index (χ1) is 49.8. The molecule has 106 heavy (non-hydrogen) atoms. The van der Waals surface area contributed by atoms with E-state index in [1.54, 1.807) is 20.8 Å². The first kappa shape index (κ1) is 89.6. The first-order valence-electron chi connectivity index (χ1n) is 34.2. The molecular weight excluding hydrogens is 1480 g/mol. The molecule has 2 bridgehead atoms. The number of carboxylic acid groups (broad SMARTS) is 3. The Hall–Kier alpha value is -8.75. The molecule has 0 saturated carbocycles. The zero-order valence-electron chi connectivity index (χ0n) is 59.6. The molecular formula is C62H97N17O23S4. The number of nitrogens with one attached hydrogen (secondary N) is 15. The second kappa shape index (κ2) is 43.8. The van der Waals surface area contributed by atoms with Crippen molar-refractivity contribution in [1.82, 2.24) is 84.7 Å². The third kappa shape index (κ3) is 29.2. The molecule has 4 saturated heterocycles. The maximum atomic E-state index is 14.9. The Morgan fingerprint density at radius 2 is 1.08 bits per heavy atom. The van der Waals surface area contributed by atoms with Gasteiger partial charge in [-0.2, -0.15) is 0 Å². The largest absolute Gasteiger partial charge is 0.481 e. The molecule has 0 spiro atoms. The molecule has 4 aliphatic rings. The number of nitrogens with zero attached hydrogens (tertiary/aromatic N) is 1. The highest BCUT2D eigenvalue weighted by atomic mass is 33.1. The Labute approximate surface area is 625 Å². The van der Waals surface area contributed by atoms with Crippen LogP contribution >= 0.6 is 43.2 Å². The molecule has 0 aromatic rings. The van der Waals surface area contributed by atoms with Crippen molar-refractivity contribution in [2.24, 2.45) is 17.6 Å². The maximum absolute atomic E-state index is 14.9. The summed E-state index contributed by atoms with van der Waals surface area (Å²) in [6.45, 7) is 10.4. The number of nitrogens with two attached hydrogens (primary N) is 1. The quantitative estimate of drug-likeness (QED) is 0.0504. The van der Waals surface area contributed by atoms with E-state index in [0.717, 1.165) is 61.9 Å². The predicted octanol–water partition coefficient (Wildman–Crippen LogP) is -7.23. The number of fused-ring (bicyclic) bond motifs is 5. The molecule has 17 atom stereocenters. The molecule has 4 aliphatic heterocycles. The molecule has 44 heteroatoms. The summed E-state index contributed by atoms with van der Waals surface area (Å²) < 4.78 is 0. The lowest BCUT2D eigenvalue weighted by atomic mass is 9.97. The van der Waals surface area contributed by atoms with E-state index in [1.165, 1.54) is 20.8 Å². The Morgan fingerprint density at radius 1 is 0.557 bits per heavy atom. The van der Waals surface area contributed by atoms with E-state index in [-0.39, 0.29) is 38.1 Å². The van der Waals surface area contributed by atoms with Crippen LogP contribution in [0.1, 0.15) is 120 Å². The summed E-state index contributed by atoms with van der Waals surface area (Å²) >= 11 is 0. The zero-order valence-corrected chi connectivity index (χ0v) is 62.9. The summed E-state index contributed by atoms with van der Waals surface area (Å²) in [7, 11) is 3.02. The number of carboxylic acids is 3. The molecule has 21 N–H and O–H groups in total. The van der Waals surface area contributed by atoms with Crippen LogP contribution in [0.2, 0.25) is 0 Å². The Balaban J connectivity index is 1.89. The Kier molecular flexibility index (Phi) is 37.0.